The van der Waals surface area contributed by atoms with E-state index in [0.29, 0.717) is 0 Å². The highest BCUT2D eigenvalue weighted by Gasteiger charge is 2.58. The minimum absolute atomic E-state index is 0.305. The van der Waals surface area contributed by atoms with E-state index in [0.717, 1.165) is 10.4 Å². The number of carbonyl (C=O) groups is 4. The molecule has 0 saturated carbocycles. The van der Waals surface area contributed by atoms with Gasteiger partial charge in [0.1, 0.15) is 18.8 Å². The minimum atomic E-state index is -3.31. The van der Waals surface area contributed by atoms with Crippen LogP contribution in [0.3, 0.4) is 0 Å². The molecule has 0 bridgehead atoms. The number of carbonyl (C=O) groups excluding carboxylic acids is 4. The van der Waals surface area contributed by atoms with Gasteiger partial charge in [0.05, 0.1) is 0 Å². The first kappa shape index (κ1) is 32.0. The largest absolute Gasteiger partial charge is 0.463 e. The van der Waals surface area contributed by atoms with Crippen LogP contribution in [0, 0.1) is 0 Å². The Labute approximate surface area is 241 Å². The molecule has 1 fully saturated rings. The van der Waals surface area contributed by atoms with Gasteiger partial charge in [0.2, 0.25) is 12.4 Å². The van der Waals surface area contributed by atoms with Gasteiger partial charge in [-0.2, -0.15) is 0 Å². The van der Waals surface area contributed by atoms with Gasteiger partial charge < -0.3 is 28.1 Å². The number of hydrogen-bond donors (Lipinski definition) is 0. The molecule has 2 aromatic carbocycles. The summed E-state index contributed by atoms with van der Waals surface area (Å²) in [5.74, 6) is -2.69. The molecular weight excluding hydrogens is 548 g/mol. The molecule has 1 aliphatic rings. The number of hydrogen-bond acceptors (Lipinski definition) is 10. The van der Waals surface area contributed by atoms with Crippen molar-refractivity contribution >= 4 is 42.6 Å². The number of rotatable bonds is 9. The van der Waals surface area contributed by atoms with Crippen LogP contribution in [0.1, 0.15) is 48.5 Å². The molecule has 3 rings (SSSR count). The zero-order chi connectivity index (χ0) is 30.4. The lowest BCUT2D eigenvalue weighted by molar-refractivity contribution is -0.295. The fourth-order valence-corrected chi connectivity index (χ4v) is 9.86. The molecule has 5 atom stereocenters. The van der Waals surface area contributed by atoms with E-state index in [4.69, 9.17) is 28.1 Å². The van der Waals surface area contributed by atoms with Crippen LogP contribution in [-0.2, 0) is 47.3 Å². The average molecular weight is 587 g/mol. The maximum atomic E-state index is 12.5. The zero-order valence-corrected chi connectivity index (χ0v) is 25.4. The van der Waals surface area contributed by atoms with Crippen LogP contribution in [0.2, 0.25) is 5.04 Å². The summed E-state index contributed by atoms with van der Waals surface area (Å²) in [6.07, 6.45) is -6.28. The van der Waals surface area contributed by atoms with E-state index in [1.807, 2.05) is 60.7 Å². The smallest absolute Gasteiger partial charge is 0.305 e. The van der Waals surface area contributed by atoms with Crippen molar-refractivity contribution in [2.75, 3.05) is 6.61 Å². The molecule has 41 heavy (non-hydrogen) atoms. The fourth-order valence-electron chi connectivity index (χ4n) is 5.15. The van der Waals surface area contributed by atoms with Crippen molar-refractivity contribution in [2.45, 2.75) is 84.2 Å². The zero-order valence-electron chi connectivity index (χ0n) is 24.4. The second-order valence-corrected chi connectivity index (χ2v) is 15.1. The highest BCUT2D eigenvalue weighted by Crippen LogP contribution is 2.40. The molecule has 1 aliphatic heterocycles. The van der Waals surface area contributed by atoms with E-state index in [1.54, 1.807) is 0 Å². The van der Waals surface area contributed by atoms with Crippen LogP contribution in [0.15, 0.2) is 60.7 Å². The predicted molar refractivity (Wildman–Crippen MR) is 151 cm³/mol. The molecule has 0 unspecified atom stereocenters. The summed E-state index contributed by atoms with van der Waals surface area (Å²) in [7, 11) is -3.31. The van der Waals surface area contributed by atoms with E-state index in [9.17, 15) is 19.2 Å². The lowest BCUT2D eigenvalue weighted by Crippen LogP contribution is -2.72. The number of ether oxygens (including phenoxy) is 5. The lowest BCUT2D eigenvalue weighted by atomic mass is 9.98. The minimum Gasteiger partial charge on any atom is -0.463 e. The van der Waals surface area contributed by atoms with Crippen molar-refractivity contribution in [3.63, 3.8) is 0 Å². The molecule has 0 aliphatic carbocycles. The molecule has 1 heterocycles. The van der Waals surface area contributed by atoms with Crippen LogP contribution >= 0.6 is 0 Å². The van der Waals surface area contributed by atoms with Crippen molar-refractivity contribution in [1.29, 1.82) is 0 Å². The normalized spacial score (nSPS) is 22.8. The first-order valence-electron chi connectivity index (χ1n) is 13.4. The van der Waals surface area contributed by atoms with Crippen molar-refractivity contribution in [3.8, 4) is 0 Å². The lowest BCUT2D eigenvalue weighted by Gasteiger charge is -2.50. The molecule has 222 valence electrons. The van der Waals surface area contributed by atoms with Crippen molar-refractivity contribution in [3.05, 3.63) is 60.7 Å². The Morgan fingerprint density at radius 2 is 1.15 bits per heavy atom. The number of benzene rings is 2. The van der Waals surface area contributed by atoms with Gasteiger partial charge in [0.15, 0.2) is 6.10 Å². The maximum absolute atomic E-state index is 12.5. The third-order valence-electron chi connectivity index (χ3n) is 6.66. The first-order valence-corrected chi connectivity index (χ1v) is 15.3. The Balaban J connectivity index is 2.29. The molecular formula is C30H38O10Si. The summed E-state index contributed by atoms with van der Waals surface area (Å²) in [5.41, 5.74) is 0. The summed E-state index contributed by atoms with van der Waals surface area (Å²) in [5, 5.41) is 1.36. The Bertz CT molecular complexity index is 1170. The first-order chi connectivity index (χ1) is 19.3. The monoisotopic (exact) mass is 586 g/mol. The SMILES string of the molecule is CC(=O)OC[C@@H]1O[C@H](OC(C)=O)[C@H](OC(C)=O)[C@H](OC(C)=O)[C@@H]1O[Si](c1ccccc1)(c1ccccc1)C(C)(C)C. The maximum Gasteiger partial charge on any atom is 0.305 e. The predicted octanol–water partition coefficient (Wildman–Crippen LogP) is 2.65. The van der Waals surface area contributed by atoms with Gasteiger partial charge in [-0.05, 0) is 15.4 Å². The summed E-state index contributed by atoms with van der Waals surface area (Å²) >= 11 is 0. The molecule has 0 N–H and O–H groups in total. The van der Waals surface area contributed by atoms with Gasteiger partial charge in [0, 0.05) is 27.7 Å². The van der Waals surface area contributed by atoms with Crippen molar-refractivity contribution in [1.82, 2.24) is 0 Å². The summed E-state index contributed by atoms with van der Waals surface area (Å²) < 4.78 is 35.4. The second-order valence-electron chi connectivity index (χ2n) is 10.8. The second kappa shape index (κ2) is 13.4. The summed E-state index contributed by atoms with van der Waals surface area (Å²) in [6, 6.07) is 19.5. The van der Waals surface area contributed by atoms with Gasteiger partial charge in [-0.15, -0.1) is 0 Å². The van der Waals surface area contributed by atoms with Gasteiger partial charge in [0.25, 0.3) is 8.32 Å². The third kappa shape index (κ3) is 7.60. The summed E-state index contributed by atoms with van der Waals surface area (Å²) in [4.78, 5) is 48.5. The standard InChI is InChI=1S/C30H38O10Si/c1-19(31)35-18-25-26(27(36-20(2)32)28(37-21(3)33)29(39-25)38-22(4)34)40-41(30(5,6)7,23-14-10-8-11-15-23)24-16-12-9-13-17-24/h8-17,25-29H,18H2,1-7H3/t25-,26+,27+,28+,29-/m0/s1. The summed E-state index contributed by atoms with van der Waals surface area (Å²) in [6.45, 7) is 10.7. The topological polar surface area (TPSA) is 124 Å². The quantitative estimate of drug-likeness (QED) is 0.246. The van der Waals surface area contributed by atoms with Crippen LogP contribution < -0.4 is 10.4 Å². The van der Waals surface area contributed by atoms with E-state index >= 15 is 0 Å². The third-order valence-corrected chi connectivity index (χ3v) is 11.7. The van der Waals surface area contributed by atoms with Crippen LogP contribution in [0.5, 0.6) is 0 Å². The molecule has 2 aromatic rings. The Morgan fingerprint density at radius 1 is 0.683 bits per heavy atom. The van der Waals surface area contributed by atoms with E-state index in [-0.39, 0.29) is 6.61 Å². The van der Waals surface area contributed by atoms with Gasteiger partial charge in [-0.1, -0.05) is 81.4 Å². The van der Waals surface area contributed by atoms with E-state index in [2.05, 4.69) is 20.8 Å². The van der Waals surface area contributed by atoms with Gasteiger partial charge in [-0.3, -0.25) is 19.2 Å². The molecule has 1 saturated heterocycles. The highest BCUT2D eigenvalue weighted by molar-refractivity contribution is 6.99. The highest BCUT2D eigenvalue weighted by atomic mass is 28.4. The van der Waals surface area contributed by atoms with Crippen LogP contribution in [0.25, 0.3) is 0 Å². The van der Waals surface area contributed by atoms with Crippen molar-refractivity contribution < 1.29 is 47.3 Å². The Morgan fingerprint density at radius 3 is 1.56 bits per heavy atom. The molecule has 0 spiro atoms. The fraction of sp³-hybridized carbons (Fsp3) is 0.467. The molecule has 0 radical (unpaired) electrons. The van der Waals surface area contributed by atoms with Gasteiger partial charge in [-0.25, -0.2) is 0 Å². The average Bonchev–Trinajstić information content (AvgIpc) is 2.88. The number of esters is 4. The van der Waals surface area contributed by atoms with Crippen LogP contribution in [0.4, 0.5) is 0 Å². The van der Waals surface area contributed by atoms with Crippen LogP contribution in [-0.4, -0.2) is 69.5 Å². The van der Waals surface area contributed by atoms with E-state index in [1.165, 1.54) is 27.7 Å². The Hall–Kier alpha value is -3.54. The molecule has 10 nitrogen and oxygen atoms in total. The molecule has 0 aromatic heterocycles. The molecule has 0 amide bonds. The van der Waals surface area contributed by atoms with Gasteiger partial charge >= 0.3 is 23.9 Å². The van der Waals surface area contributed by atoms with E-state index < -0.39 is 67.9 Å². The Kier molecular flexibility index (Phi) is 10.5. The van der Waals surface area contributed by atoms with Crippen molar-refractivity contribution in [2.24, 2.45) is 0 Å². The molecule has 11 heteroatoms.